The Hall–Kier alpha value is -2.04. The van der Waals surface area contributed by atoms with Crippen molar-refractivity contribution in [2.45, 2.75) is 19.3 Å². The van der Waals surface area contributed by atoms with Crippen molar-refractivity contribution < 1.29 is 14.7 Å². The van der Waals surface area contributed by atoms with E-state index in [1.165, 1.54) is 0 Å². The molecule has 0 atom stereocenters. The molecule has 0 aliphatic rings. The van der Waals surface area contributed by atoms with Crippen molar-refractivity contribution in [3.63, 3.8) is 0 Å². The van der Waals surface area contributed by atoms with Gasteiger partial charge in [-0.15, -0.1) is 0 Å². The molecule has 0 saturated carbocycles. The van der Waals surface area contributed by atoms with Gasteiger partial charge in [0.2, 0.25) is 0 Å². The molecule has 0 aromatic heterocycles. The number of ketones is 1. The van der Waals surface area contributed by atoms with E-state index in [0.29, 0.717) is 12.1 Å². The molecule has 1 aromatic rings. The standard InChI is InChI=1S/C12H14N2O3/c13-14-6-2-4-9-3-1-5-10(7-9)11(15)8-12(16)17/h1,3,5,7,13H,2,4,6,8H2,(H,16,17). The van der Waals surface area contributed by atoms with E-state index >= 15 is 0 Å². The van der Waals surface area contributed by atoms with E-state index in [1.807, 2.05) is 6.07 Å². The Morgan fingerprint density at radius 3 is 2.76 bits per heavy atom. The van der Waals surface area contributed by atoms with Crippen LogP contribution in [0.3, 0.4) is 0 Å². The number of hydrogen-bond donors (Lipinski definition) is 2. The number of nitrogens with zero attached hydrogens (tertiary/aromatic N) is 1. The minimum Gasteiger partial charge on any atom is -0.481 e. The lowest BCUT2D eigenvalue weighted by atomic mass is 10.0. The summed E-state index contributed by atoms with van der Waals surface area (Å²) in [6, 6.07) is 6.93. The van der Waals surface area contributed by atoms with Gasteiger partial charge in [0, 0.05) is 5.56 Å². The van der Waals surface area contributed by atoms with E-state index < -0.39 is 12.4 Å². The van der Waals surface area contributed by atoms with Gasteiger partial charge in [0.15, 0.2) is 5.78 Å². The summed E-state index contributed by atoms with van der Waals surface area (Å²) < 4.78 is 0. The number of carboxylic acid groups (broad SMARTS) is 1. The third-order valence-electron chi connectivity index (χ3n) is 2.30. The van der Waals surface area contributed by atoms with Crippen LogP contribution in [0.1, 0.15) is 28.8 Å². The molecule has 0 fully saturated rings. The van der Waals surface area contributed by atoms with Crippen molar-refractivity contribution in [2.75, 3.05) is 6.54 Å². The molecule has 5 heteroatoms. The van der Waals surface area contributed by atoms with E-state index in [4.69, 9.17) is 10.6 Å². The van der Waals surface area contributed by atoms with Crippen LogP contribution in [0, 0.1) is 5.53 Å². The number of carboxylic acids is 1. The SMILES string of the molecule is N=NCCCc1cccc(C(=O)CC(=O)O)c1. The highest BCUT2D eigenvalue weighted by Crippen LogP contribution is 2.10. The van der Waals surface area contributed by atoms with Crippen LogP contribution in [0.15, 0.2) is 29.4 Å². The monoisotopic (exact) mass is 234 g/mol. The topological polar surface area (TPSA) is 90.6 Å². The van der Waals surface area contributed by atoms with Crippen molar-refractivity contribution in [3.8, 4) is 0 Å². The lowest BCUT2D eigenvalue weighted by Crippen LogP contribution is -2.07. The zero-order valence-electron chi connectivity index (χ0n) is 9.35. The minimum atomic E-state index is -1.12. The highest BCUT2D eigenvalue weighted by Gasteiger charge is 2.10. The second-order valence-electron chi connectivity index (χ2n) is 3.68. The van der Waals surface area contributed by atoms with Crippen LogP contribution >= 0.6 is 0 Å². The lowest BCUT2D eigenvalue weighted by molar-refractivity contribution is -0.135. The first-order valence-corrected chi connectivity index (χ1v) is 5.30. The number of nitrogens with one attached hydrogen (secondary N) is 1. The van der Waals surface area contributed by atoms with Gasteiger partial charge in [-0.25, -0.2) is 5.53 Å². The summed E-state index contributed by atoms with van der Waals surface area (Å²) in [6.45, 7) is 0.466. The van der Waals surface area contributed by atoms with Crippen molar-refractivity contribution in [1.82, 2.24) is 0 Å². The number of rotatable bonds is 7. The summed E-state index contributed by atoms with van der Waals surface area (Å²) in [5.41, 5.74) is 8.05. The van der Waals surface area contributed by atoms with E-state index in [2.05, 4.69) is 5.11 Å². The number of carbonyl (C=O) groups excluding carboxylic acids is 1. The Kier molecular flexibility index (Phi) is 5.00. The van der Waals surface area contributed by atoms with Gasteiger partial charge in [-0.2, -0.15) is 5.11 Å². The number of hydrogen-bond acceptors (Lipinski definition) is 4. The molecule has 0 radical (unpaired) electrons. The fraction of sp³-hybridized carbons (Fsp3) is 0.333. The van der Waals surface area contributed by atoms with Crippen LogP contribution < -0.4 is 0 Å². The van der Waals surface area contributed by atoms with Crippen LogP contribution in [-0.2, 0) is 11.2 Å². The van der Waals surface area contributed by atoms with Gasteiger partial charge in [0.1, 0.15) is 6.42 Å². The Balaban J connectivity index is 2.67. The number of benzene rings is 1. The van der Waals surface area contributed by atoms with E-state index in [9.17, 15) is 9.59 Å². The molecule has 0 aliphatic carbocycles. The number of Topliss-reactive ketones (excluding diaryl/α,β-unsaturated/α-hetero) is 1. The number of aliphatic carboxylic acids is 1. The molecule has 17 heavy (non-hydrogen) atoms. The molecule has 0 bridgehead atoms. The van der Waals surface area contributed by atoms with Gasteiger partial charge in [-0.3, -0.25) is 9.59 Å². The van der Waals surface area contributed by atoms with Crippen molar-refractivity contribution >= 4 is 11.8 Å². The molecule has 2 N–H and O–H groups in total. The molecule has 5 nitrogen and oxygen atoms in total. The van der Waals surface area contributed by atoms with Gasteiger partial charge >= 0.3 is 5.97 Å². The predicted octanol–water partition coefficient (Wildman–Crippen LogP) is 2.31. The number of carbonyl (C=O) groups is 2. The predicted molar refractivity (Wildman–Crippen MR) is 61.4 cm³/mol. The zero-order chi connectivity index (χ0) is 12.7. The second-order valence-corrected chi connectivity index (χ2v) is 3.68. The summed E-state index contributed by atoms with van der Waals surface area (Å²) in [7, 11) is 0. The maximum atomic E-state index is 11.5. The fourth-order valence-corrected chi connectivity index (χ4v) is 1.50. The molecular weight excluding hydrogens is 220 g/mol. The van der Waals surface area contributed by atoms with E-state index in [-0.39, 0.29) is 5.78 Å². The van der Waals surface area contributed by atoms with Crippen LogP contribution in [0.5, 0.6) is 0 Å². The van der Waals surface area contributed by atoms with Crippen LogP contribution in [-0.4, -0.2) is 23.4 Å². The van der Waals surface area contributed by atoms with Gasteiger partial charge in [0.25, 0.3) is 0 Å². The van der Waals surface area contributed by atoms with Gasteiger partial charge in [-0.05, 0) is 24.5 Å². The highest BCUT2D eigenvalue weighted by molar-refractivity contribution is 6.05. The van der Waals surface area contributed by atoms with Crippen molar-refractivity contribution in [3.05, 3.63) is 35.4 Å². The molecule has 0 heterocycles. The summed E-state index contributed by atoms with van der Waals surface area (Å²) in [6.07, 6.45) is 1.00. The first-order chi connectivity index (χ1) is 8.13. The first-order valence-electron chi connectivity index (χ1n) is 5.30. The van der Waals surface area contributed by atoms with Crippen molar-refractivity contribution in [2.24, 2.45) is 5.11 Å². The Morgan fingerprint density at radius 2 is 2.12 bits per heavy atom. The van der Waals surface area contributed by atoms with E-state index in [1.54, 1.807) is 18.2 Å². The molecule has 0 saturated heterocycles. The summed E-state index contributed by atoms with van der Waals surface area (Å²) >= 11 is 0. The fourth-order valence-electron chi connectivity index (χ4n) is 1.50. The number of aryl methyl sites for hydroxylation is 1. The largest absolute Gasteiger partial charge is 0.481 e. The third-order valence-corrected chi connectivity index (χ3v) is 2.30. The lowest BCUT2D eigenvalue weighted by Gasteiger charge is -2.02. The summed E-state index contributed by atoms with van der Waals surface area (Å²) in [4.78, 5) is 21.9. The third kappa shape index (κ3) is 4.55. The normalized spacial score (nSPS) is 9.88. The molecule has 0 spiro atoms. The van der Waals surface area contributed by atoms with E-state index in [0.717, 1.165) is 18.4 Å². The maximum Gasteiger partial charge on any atom is 0.311 e. The second kappa shape index (κ2) is 6.52. The molecule has 90 valence electrons. The van der Waals surface area contributed by atoms with Gasteiger partial charge in [-0.1, -0.05) is 18.2 Å². The average molecular weight is 234 g/mol. The Labute approximate surface area is 99.0 Å². The van der Waals surface area contributed by atoms with Gasteiger partial charge in [0.05, 0.1) is 6.54 Å². The van der Waals surface area contributed by atoms with Crippen molar-refractivity contribution in [1.29, 1.82) is 5.53 Å². The zero-order valence-corrected chi connectivity index (χ0v) is 9.35. The molecule has 1 rings (SSSR count). The molecule has 0 amide bonds. The Bertz CT molecular complexity index is 430. The first kappa shape index (κ1) is 13.0. The smallest absolute Gasteiger partial charge is 0.311 e. The summed E-state index contributed by atoms with van der Waals surface area (Å²) in [5.74, 6) is -1.50. The summed E-state index contributed by atoms with van der Waals surface area (Å²) in [5, 5.41) is 11.8. The molecular formula is C12H14N2O3. The van der Waals surface area contributed by atoms with Crippen LogP contribution in [0.25, 0.3) is 0 Å². The minimum absolute atomic E-state index is 0.385. The molecule has 0 unspecified atom stereocenters. The van der Waals surface area contributed by atoms with Gasteiger partial charge < -0.3 is 5.11 Å². The highest BCUT2D eigenvalue weighted by atomic mass is 16.4. The molecule has 1 aromatic carbocycles. The molecule has 0 aliphatic heterocycles. The van der Waals surface area contributed by atoms with Crippen LogP contribution in [0.2, 0.25) is 0 Å². The van der Waals surface area contributed by atoms with Crippen LogP contribution in [0.4, 0.5) is 0 Å². The maximum absolute atomic E-state index is 11.5. The quantitative estimate of drug-likeness (QED) is 0.328. The average Bonchev–Trinajstić information content (AvgIpc) is 2.29. The Morgan fingerprint density at radius 1 is 1.35 bits per heavy atom.